The first-order valence-corrected chi connectivity index (χ1v) is 11.8. The van der Waals surface area contributed by atoms with Crippen molar-refractivity contribution in [3.8, 4) is 0 Å². The fourth-order valence-corrected chi connectivity index (χ4v) is 8.38. The molecule has 1 unspecified atom stereocenters. The largest absolute Gasteiger partial charge is 0.315 e. The summed E-state index contributed by atoms with van der Waals surface area (Å²) in [7, 11) is 0. The number of hydrogen-bond donors (Lipinski definition) is 1. The molecule has 5 aliphatic rings. The molecule has 2 heteroatoms. The van der Waals surface area contributed by atoms with Gasteiger partial charge >= 0.3 is 0 Å². The lowest BCUT2D eigenvalue weighted by Crippen LogP contribution is -2.56. The highest BCUT2D eigenvalue weighted by atomic mass is 16.1. The topological polar surface area (TPSA) is 29.1 Å². The third-order valence-corrected chi connectivity index (χ3v) is 10.2. The van der Waals surface area contributed by atoms with Crippen LogP contribution in [0.4, 0.5) is 0 Å². The second-order valence-corrected chi connectivity index (χ2v) is 11.5. The zero-order valence-electron chi connectivity index (χ0n) is 17.7. The van der Waals surface area contributed by atoms with Crippen molar-refractivity contribution in [3.05, 3.63) is 12.2 Å². The van der Waals surface area contributed by atoms with E-state index in [1.165, 1.54) is 58.0 Å². The Labute approximate surface area is 165 Å². The van der Waals surface area contributed by atoms with Crippen molar-refractivity contribution in [2.45, 2.75) is 72.1 Å². The summed E-state index contributed by atoms with van der Waals surface area (Å²) in [6.45, 7) is 9.87. The van der Waals surface area contributed by atoms with Gasteiger partial charge in [-0.1, -0.05) is 32.9 Å². The van der Waals surface area contributed by atoms with E-state index >= 15 is 0 Å². The molecule has 8 atom stereocenters. The normalized spacial score (nSPS) is 52.9. The fourth-order valence-electron chi connectivity index (χ4n) is 8.38. The molecule has 1 heterocycles. The van der Waals surface area contributed by atoms with Crippen LogP contribution in [0.15, 0.2) is 12.2 Å². The van der Waals surface area contributed by atoms with Gasteiger partial charge in [-0.3, -0.25) is 4.79 Å². The molecule has 0 bridgehead atoms. The van der Waals surface area contributed by atoms with Crippen molar-refractivity contribution in [2.75, 3.05) is 13.1 Å². The van der Waals surface area contributed by atoms with E-state index in [0.29, 0.717) is 17.1 Å². The monoisotopic (exact) mass is 369 g/mol. The summed E-state index contributed by atoms with van der Waals surface area (Å²) in [6, 6.07) is 0. The third-order valence-electron chi connectivity index (χ3n) is 10.2. The van der Waals surface area contributed by atoms with Gasteiger partial charge in [0, 0.05) is 30.8 Å². The number of fused-ring (bicyclic) bond motifs is 5. The van der Waals surface area contributed by atoms with Gasteiger partial charge in [-0.2, -0.15) is 0 Å². The molecule has 4 aliphatic carbocycles. The van der Waals surface area contributed by atoms with Crippen LogP contribution in [0.5, 0.6) is 0 Å². The molecule has 0 aromatic carbocycles. The van der Waals surface area contributed by atoms with Crippen LogP contribution in [-0.4, -0.2) is 18.9 Å². The Bertz CT molecular complexity index is 636. The number of hydrogen-bond acceptors (Lipinski definition) is 2. The van der Waals surface area contributed by atoms with E-state index in [-0.39, 0.29) is 5.41 Å². The van der Waals surface area contributed by atoms with Gasteiger partial charge in [0.15, 0.2) is 0 Å². The second-order valence-electron chi connectivity index (χ2n) is 11.5. The molecule has 5 fully saturated rings. The minimum Gasteiger partial charge on any atom is -0.315 e. The Hall–Kier alpha value is -0.630. The third kappa shape index (κ3) is 2.72. The van der Waals surface area contributed by atoms with Gasteiger partial charge in [0.2, 0.25) is 0 Å². The smallest absolute Gasteiger partial charge is 0.139 e. The maximum absolute atomic E-state index is 12.7. The van der Waals surface area contributed by atoms with Gasteiger partial charge in [0.1, 0.15) is 5.78 Å². The lowest BCUT2D eigenvalue weighted by Gasteiger charge is -2.62. The highest BCUT2D eigenvalue weighted by Gasteiger charge is 2.61. The van der Waals surface area contributed by atoms with Crippen LogP contribution < -0.4 is 5.32 Å². The van der Waals surface area contributed by atoms with E-state index in [4.69, 9.17) is 0 Å². The molecule has 1 N–H and O–H groups in total. The molecular weight excluding hydrogens is 330 g/mol. The Morgan fingerprint density at radius 3 is 2.48 bits per heavy atom. The first-order valence-electron chi connectivity index (χ1n) is 11.8. The highest BCUT2D eigenvalue weighted by molar-refractivity contribution is 5.87. The van der Waals surface area contributed by atoms with Gasteiger partial charge in [0.25, 0.3) is 0 Å². The van der Waals surface area contributed by atoms with Gasteiger partial charge in [0.05, 0.1) is 0 Å². The number of carbonyl (C=O) groups excluding carboxylic acids is 1. The number of rotatable bonds is 2. The predicted molar refractivity (Wildman–Crippen MR) is 110 cm³/mol. The lowest BCUT2D eigenvalue weighted by molar-refractivity contribution is -0.148. The molecule has 2 nitrogen and oxygen atoms in total. The number of nitrogens with one attached hydrogen (secondary N) is 1. The molecule has 0 radical (unpaired) electrons. The van der Waals surface area contributed by atoms with Crippen molar-refractivity contribution in [1.82, 2.24) is 5.32 Å². The summed E-state index contributed by atoms with van der Waals surface area (Å²) in [4.78, 5) is 12.7. The number of Topliss-reactive ketones (excluding diaryl/α,β-unsaturated/α-hetero) is 1. The summed E-state index contributed by atoms with van der Waals surface area (Å²) in [5, 5.41) is 3.39. The minimum atomic E-state index is 0.0232. The highest BCUT2D eigenvalue weighted by Crippen LogP contribution is 2.67. The number of ketones is 1. The Morgan fingerprint density at radius 1 is 0.963 bits per heavy atom. The van der Waals surface area contributed by atoms with Crippen molar-refractivity contribution in [1.29, 1.82) is 0 Å². The van der Waals surface area contributed by atoms with Crippen molar-refractivity contribution >= 4 is 5.78 Å². The average molecular weight is 370 g/mol. The van der Waals surface area contributed by atoms with Gasteiger partial charge < -0.3 is 5.32 Å². The minimum absolute atomic E-state index is 0.0232. The zero-order chi connectivity index (χ0) is 18.8. The number of allylic oxidation sites excluding steroid dienone is 1. The molecule has 150 valence electrons. The molecule has 0 spiro atoms. The van der Waals surface area contributed by atoms with Crippen LogP contribution in [0, 0.1) is 52.3 Å². The van der Waals surface area contributed by atoms with Crippen LogP contribution in [-0.2, 0) is 4.79 Å². The number of carbonyl (C=O) groups is 1. The van der Waals surface area contributed by atoms with E-state index in [1.54, 1.807) is 0 Å². The molecule has 0 aromatic heterocycles. The van der Waals surface area contributed by atoms with E-state index in [2.05, 4.69) is 38.2 Å². The molecule has 1 saturated heterocycles. The first kappa shape index (κ1) is 18.4. The molecule has 0 amide bonds. The Balaban J connectivity index is 1.35. The van der Waals surface area contributed by atoms with Crippen molar-refractivity contribution < 1.29 is 4.79 Å². The summed E-state index contributed by atoms with van der Waals surface area (Å²) in [5.74, 6) is 6.27. The van der Waals surface area contributed by atoms with Crippen LogP contribution in [0.3, 0.4) is 0 Å². The SMILES string of the molecule is C[C@@H]1CC2C[C@H](C=CC3CNC3)CC[C@]2(C)[C@H]2CC[C@]3(C)C(=O)CC[C@H]3[C@H]12. The van der Waals surface area contributed by atoms with Gasteiger partial charge in [-0.15, -0.1) is 0 Å². The van der Waals surface area contributed by atoms with Crippen LogP contribution in [0.1, 0.15) is 72.1 Å². The maximum atomic E-state index is 12.7. The van der Waals surface area contributed by atoms with E-state index in [0.717, 1.165) is 41.9 Å². The maximum Gasteiger partial charge on any atom is 0.139 e. The molecule has 4 saturated carbocycles. The summed E-state index contributed by atoms with van der Waals surface area (Å²) >= 11 is 0. The molecular formula is C25H39NO. The van der Waals surface area contributed by atoms with Crippen LogP contribution in [0.2, 0.25) is 0 Å². The summed E-state index contributed by atoms with van der Waals surface area (Å²) in [5.41, 5.74) is 0.557. The summed E-state index contributed by atoms with van der Waals surface area (Å²) in [6.07, 6.45) is 15.3. The van der Waals surface area contributed by atoms with Crippen LogP contribution in [0.25, 0.3) is 0 Å². The molecule has 27 heavy (non-hydrogen) atoms. The van der Waals surface area contributed by atoms with E-state index in [9.17, 15) is 4.79 Å². The van der Waals surface area contributed by atoms with Gasteiger partial charge in [-0.25, -0.2) is 0 Å². The molecule has 0 aromatic rings. The average Bonchev–Trinajstić information content (AvgIpc) is 2.90. The Kier molecular flexibility index (Phi) is 4.39. The van der Waals surface area contributed by atoms with E-state index in [1.807, 2.05) is 0 Å². The second kappa shape index (κ2) is 6.44. The lowest BCUT2D eigenvalue weighted by atomic mass is 9.42. The van der Waals surface area contributed by atoms with Gasteiger partial charge in [-0.05, 0) is 85.9 Å². The predicted octanol–water partition coefficient (Wildman–Crippen LogP) is 5.24. The molecule has 1 aliphatic heterocycles. The standard InChI is InChI=1S/C25H39NO/c1-16-12-19-13-17(4-5-18-14-26-15-18)8-10-24(19,2)21-9-11-25(3)20(23(16)21)6-7-22(25)27/h4-5,16-21,23,26H,6-15H2,1-3H3/t16-,17-,19?,20+,21+,23+,24+,25+/m1/s1. The fraction of sp³-hybridized carbons (Fsp3) is 0.880. The zero-order valence-corrected chi connectivity index (χ0v) is 17.7. The first-order chi connectivity index (χ1) is 12.9. The van der Waals surface area contributed by atoms with E-state index < -0.39 is 0 Å². The van der Waals surface area contributed by atoms with Crippen LogP contribution >= 0.6 is 0 Å². The summed E-state index contributed by atoms with van der Waals surface area (Å²) < 4.78 is 0. The Morgan fingerprint density at radius 2 is 1.74 bits per heavy atom. The molecule has 5 rings (SSSR count). The quantitative estimate of drug-likeness (QED) is 0.675. The van der Waals surface area contributed by atoms with Crippen molar-refractivity contribution in [2.24, 2.45) is 52.3 Å². The van der Waals surface area contributed by atoms with Crippen molar-refractivity contribution in [3.63, 3.8) is 0 Å².